The van der Waals surface area contributed by atoms with Gasteiger partial charge in [-0.3, -0.25) is 14.5 Å². The molecule has 248 valence electrons. The molecule has 47 heavy (non-hydrogen) atoms. The maximum Gasteiger partial charge on any atom is 0.261 e. The number of amides is 2. The van der Waals surface area contributed by atoms with Crippen LogP contribution >= 0.6 is 11.6 Å². The van der Waals surface area contributed by atoms with Gasteiger partial charge in [-0.2, -0.15) is 0 Å². The number of ether oxygens (including phenoxy) is 2. The molecule has 0 aromatic heterocycles. The summed E-state index contributed by atoms with van der Waals surface area (Å²) in [5.41, 5.74) is 5.48. The number of hydrogen-bond acceptors (Lipinski definition) is 4. The Morgan fingerprint density at radius 3 is 2.04 bits per heavy atom. The van der Waals surface area contributed by atoms with Gasteiger partial charge >= 0.3 is 0 Å². The number of alkyl halides is 1. The van der Waals surface area contributed by atoms with Gasteiger partial charge in [0.05, 0.1) is 31.9 Å². The van der Waals surface area contributed by atoms with Crippen molar-refractivity contribution in [2.45, 2.75) is 77.0 Å². The standard InChI is InChI=1S/C41H48ClNO4/c1-40(2,32(19-11-8-14-20-42)26-15-9-7-10-16-26)28-22-35(46-5)37(36(23-28)47-6)31-21-27(33-24-34(31)41(33,3)4)25-43-38(44)29-17-12-13-18-30(29)39(43)45/h7,9-10,12-13,15-18,21-23,31-34H,8,11,14,19-20,24-25H2,1-6H3/t31-,32-,33+,34-/m0/s1. The zero-order valence-electron chi connectivity index (χ0n) is 28.6. The third kappa shape index (κ3) is 5.79. The number of allylic oxidation sites excluding steroid dienone is 1. The average Bonchev–Trinajstić information content (AvgIpc) is 3.32. The van der Waals surface area contributed by atoms with Gasteiger partial charge in [0.1, 0.15) is 11.5 Å². The second-order valence-corrected chi connectivity index (χ2v) is 15.1. The number of imide groups is 1. The Kier molecular flexibility index (Phi) is 9.32. The fourth-order valence-electron chi connectivity index (χ4n) is 8.76. The van der Waals surface area contributed by atoms with Gasteiger partial charge in [-0.25, -0.2) is 0 Å². The summed E-state index contributed by atoms with van der Waals surface area (Å²) in [7, 11) is 3.49. The Balaban J connectivity index is 1.37. The number of unbranched alkanes of at least 4 members (excludes halogenated alkanes) is 2. The molecule has 6 heteroatoms. The van der Waals surface area contributed by atoms with Crippen LogP contribution in [0, 0.1) is 17.3 Å². The van der Waals surface area contributed by atoms with Crippen LogP contribution in [-0.4, -0.2) is 43.4 Å². The summed E-state index contributed by atoms with van der Waals surface area (Å²) in [6.45, 7) is 9.61. The fraction of sp³-hybridized carbons (Fsp3) is 0.463. The lowest BCUT2D eigenvalue weighted by Gasteiger charge is -2.60. The first-order valence-electron chi connectivity index (χ1n) is 17.1. The van der Waals surface area contributed by atoms with E-state index in [2.05, 4.69) is 76.2 Å². The molecule has 1 saturated carbocycles. The number of carbonyl (C=O) groups is 2. The Hall–Kier alpha value is -3.57. The number of halogens is 1. The van der Waals surface area contributed by atoms with E-state index in [1.807, 2.05) is 12.1 Å². The van der Waals surface area contributed by atoms with Gasteiger partial charge in [0.2, 0.25) is 0 Å². The average molecular weight is 654 g/mol. The van der Waals surface area contributed by atoms with E-state index < -0.39 is 0 Å². The maximum atomic E-state index is 13.3. The summed E-state index contributed by atoms with van der Waals surface area (Å²) >= 11 is 6.02. The molecule has 4 aliphatic rings. The van der Waals surface area contributed by atoms with Crippen molar-refractivity contribution >= 4 is 23.4 Å². The monoisotopic (exact) mass is 653 g/mol. The van der Waals surface area contributed by atoms with E-state index in [1.54, 1.807) is 26.4 Å². The van der Waals surface area contributed by atoms with Gasteiger partial charge in [-0.05, 0) is 83.2 Å². The SMILES string of the molecule is COc1cc(C(C)(C)[C@@H](CCCCCCl)c2ccccc2)cc(OC)c1[C@H]1C=C(CN2C(=O)c3ccccc3C2=O)[C@H]2C[C@@H]1C2(C)C. The lowest BCUT2D eigenvalue weighted by Crippen LogP contribution is -2.53. The summed E-state index contributed by atoms with van der Waals surface area (Å²) in [6.07, 6.45) is 7.63. The lowest BCUT2D eigenvalue weighted by atomic mass is 9.45. The van der Waals surface area contributed by atoms with Crippen molar-refractivity contribution in [1.29, 1.82) is 0 Å². The molecule has 2 bridgehead atoms. The van der Waals surface area contributed by atoms with Crippen LogP contribution in [0.15, 0.2) is 78.4 Å². The summed E-state index contributed by atoms with van der Waals surface area (Å²) in [6, 6.07) is 22.4. The van der Waals surface area contributed by atoms with E-state index >= 15 is 0 Å². The summed E-state index contributed by atoms with van der Waals surface area (Å²) < 4.78 is 12.4. The number of methoxy groups -OCH3 is 2. The molecule has 1 fully saturated rings. The minimum absolute atomic E-state index is 0.00280. The van der Waals surface area contributed by atoms with Crippen molar-refractivity contribution < 1.29 is 19.1 Å². The van der Waals surface area contributed by atoms with E-state index in [-0.39, 0.29) is 28.6 Å². The van der Waals surface area contributed by atoms with Crippen molar-refractivity contribution in [1.82, 2.24) is 4.90 Å². The van der Waals surface area contributed by atoms with Gasteiger partial charge in [0, 0.05) is 17.4 Å². The molecule has 3 aromatic carbocycles. The summed E-state index contributed by atoms with van der Waals surface area (Å²) in [4.78, 5) is 28.1. The second kappa shape index (κ2) is 13.1. The molecule has 1 heterocycles. The zero-order valence-corrected chi connectivity index (χ0v) is 29.4. The quantitative estimate of drug-likeness (QED) is 0.0798. The summed E-state index contributed by atoms with van der Waals surface area (Å²) in [5, 5.41) is 0. The van der Waals surface area contributed by atoms with Gasteiger partial charge < -0.3 is 9.47 Å². The highest BCUT2D eigenvalue weighted by atomic mass is 35.5. The molecule has 0 unspecified atom stereocenters. The number of benzene rings is 3. The number of carbonyl (C=O) groups excluding carboxylic acids is 2. The molecule has 0 radical (unpaired) electrons. The van der Waals surface area contributed by atoms with Crippen molar-refractivity contribution in [2.75, 3.05) is 26.6 Å². The maximum absolute atomic E-state index is 13.3. The van der Waals surface area contributed by atoms with Crippen LogP contribution in [0.1, 0.15) is 109 Å². The molecular formula is C41H48ClNO4. The van der Waals surface area contributed by atoms with Gasteiger partial charge in [0.25, 0.3) is 11.8 Å². The Morgan fingerprint density at radius 1 is 0.894 bits per heavy atom. The smallest absolute Gasteiger partial charge is 0.261 e. The third-order valence-corrected chi connectivity index (χ3v) is 11.9. The van der Waals surface area contributed by atoms with Crippen LogP contribution in [0.4, 0.5) is 0 Å². The minimum Gasteiger partial charge on any atom is -0.496 e. The van der Waals surface area contributed by atoms with Crippen molar-refractivity contribution in [2.24, 2.45) is 17.3 Å². The number of nitrogens with zero attached hydrogens (tertiary/aromatic N) is 1. The van der Waals surface area contributed by atoms with Crippen LogP contribution in [0.5, 0.6) is 11.5 Å². The fourth-order valence-corrected chi connectivity index (χ4v) is 8.95. The molecule has 0 saturated heterocycles. The summed E-state index contributed by atoms with van der Waals surface area (Å²) in [5.74, 6) is 2.96. The highest BCUT2D eigenvalue weighted by Crippen LogP contribution is 2.65. The molecule has 5 nitrogen and oxygen atoms in total. The second-order valence-electron chi connectivity index (χ2n) is 14.7. The molecule has 0 N–H and O–H groups in total. The molecule has 4 atom stereocenters. The van der Waals surface area contributed by atoms with E-state index in [0.29, 0.717) is 41.3 Å². The predicted octanol–water partition coefficient (Wildman–Crippen LogP) is 9.55. The first-order chi connectivity index (χ1) is 22.5. The van der Waals surface area contributed by atoms with E-state index in [4.69, 9.17) is 21.1 Å². The zero-order chi connectivity index (χ0) is 33.5. The number of hydrogen-bond donors (Lipinski definition) is 0. The van der Waals surface area contributed by atoms with Crippen molar-refractivity contribution in [3.05, 3.63) is 106 Å². The van der Waals surface area contributed by atoms with Crippen molar-refractivity contribution in [3.63, 3.8) is 0 Å². The Labute approximate surface area is 285 Å². The van der Waals surface area contributed by atoms with E-state index in [1.165, 1.54) is 16.0 Å². The molecule has 7 rings (SSSR count). The van der Waals surface area contributed by atoms with Gasteiger partial charge in [-0.1, -0.05) is 94.7 Å². The Morgan fingerprint density at radius 2 is 1.49 bits per heavy atom. The largest absolute Gasteiger partial charge is 0.496 e. The van der Waals surface area contributed by atoms with Crippen LogP contribution in [-0.2, 0) is 5.41 Å². The predicted molar refractivity (Wildman–Crippen MR) is 189 cm³/mol. The van der Waals surface area contributed by atoms with E-state index in [0.717, 1.165) is 54.7 Å². The molecule has 3 aromatic rings. The lowest BCUT2D eigenvalue weighted by molar-refractivity contribution is -0.0233. The van der Waals surface area contributed by atoms with Crippen LogP contribution in [0.25, 0.3) is 0 Å². The van der Waals surface area contributed by atoms with Gasteiger partial charge in [0.15, 0.2) is 0 Å². The minimum atomic E-state index is -0.209. The van der Waals surface area contributed by atoms with Crippen LogP contribution in [0.3, 0.4) is 0 Å². The molecular weight excluding hydrogens is 606 g/mol. The molecule has 2 amide bonds. The number of fused-ring (bicyclic) bond motifs is 2. The highest BCUT2D eigenvalue weighted by Gasteiger charge is 2.57. The van der Waals surface area contributed by atoms with E-state index in [9.17, 15) is 9.59 Å². The first-order valence-corrected chi connectivity index (χ1v) is 17.6. The van der Waals surface area contributed by atoms with Crippen LogP contribution in [0.2, 0.25) is 0 Å². The van der Waals surface area contributed by atoms with Crippen LogP contribution < -0.4 is 9.47 Å². The van der Waals surface area contributed by atoms with Crippen molar-refractivity contribution in [3.8, 4) is 11.5 Å². The third-order valence-electron chi connectivity index (χ3n) is 11.7. The molecule has 1 aliphatic heterocycles. The number of rotatable bonds is 13. The molecule has 3 aliphatic carbocycles. The molecule has 0 spiro atoms. The topological polar surface area (TPSA) is 55.8 Å². The van der Waals surface area contributed by atoms with Gasteiger partial charge in [-0.15, -0.1) is 11.6 Å². The Bertz CT molecular complexity index is 1620. The first kappa shape index (κ1) is 33.3. The normalized spacial score (nSPS) is 22.0. The highest BCUT2D eigenvalue weighted by molar-refractivity contribution is 6.21.